The van der Waals surface area contributed by atoms with E-state index in [0.717, 1.165) is 0 Å². The van der Waals surface area contributed by atoms with Crippen LogP contribution < -0.4 is 5.73 Å². The van der Waals surface area contributed by atoms with Crippen LogP contribution >= 0.6 is 0 Å². The van der Waals surface area contributed by atoms with E-state index in [4.69, 9.17) is 21.1 Å². The molecule has 11 heavy (non-hydrogen) atoms. The van der Waals surface area contributed by atoms with E-state index in [1.807, 2.05) is 0 Å². The molecule has 0 heterocycles. The van der Waals surface area contributed by atoms with Gasteiger partial charge in [-0.2, -0.15) is 0 Å². The van der Waals surface area contributed by atoms with E-state index < -0.39 is 24.4 Å². The highest BCUT2D eigenvalue weighted by atomic mass is 16.3. The lowest BCUT2D eigenvalue weighted by Gasteiger charge is -2.22. The van der Waals surface area contributed by atoms with Crippen molar-refractivity contribution in [1.82, 2.24) is 0 Å². The molecular formula is C6H13NO4. The molecule has 0 aromatic rings. The second-order valence-electron chi connectivity index (χ2n) is 2.44. The predicted molar refractivity (Wildman–Crippen MR) is 37.7 cm³/mol. The molecule has 5 nitrogen and oxygen atoms in total. The van der Waals surface area contributed by atoms with Crippen molar-refractivity contribution in [2.75, 3.05) is 0 Å². The van der Waals surface area contributed by atoms with E-state index in [1.165, 1.54) is 6.92 Å². The number of rotatable bonds is 4. The summed E-state index contributed by atoms with van der Waals surface area (Å²) in [4.78, 5) is 9.93. The molecule has 0 aliphatic rings. The van der Waals surface area contributed by atoms with Crippen molar-refractivity contribution in [2.45, 2.75) is 31.3 Å². The Bertz CT molecular complexity index is 128. The van der Waals surface area contributed by atoms with Gasteiger partial charge in [0.2, 0.25) is 0 Å². The van der Waals surface area contributed by atoms with Crippen LogP contribution in [0.5, 0.6) is 0 Å². The van der Waals surface area contributed by atoms with Crippen molar-refractivity contribution in [3.63, 3.8) is 0 Å². The van der Waals surface area contributed by atoms with Gasteiger partial charge in [0.15, 0.2) is 6.29 Å². The van der Waals surface area contributed by atoms with Crippen LogP contribution in [-0.2, 0) is 4.79 Å². The molecule has 66 valence electrons. The Kier molecular flexibility index (Phi) is 4.20. The lowest BCUT2D eigenvalue weighted by molar-refractivity contribution is -0.122. The van der Waals surface area contributed by atoms with Crippen molar-refractivity contribution in [2.24, 2.45) is 5.73 Å². The molecular weight excluding hydrogens is 150 g/mol. The standard InChI is InChI=1S/C6H13NO4/c1-3(9)5(7)6(11)4(10)2-8/h2-6,9-11H,7H2,1H3/t3-,4-,5+,6+/m1/s1. The third kappa shape index (κ3) is 2.94. The highest BCUT2D eigenvalue weighted by Crippen LogP contribution is 1.99. The first-order valence-corrected chi connectivity index (χ1v) is 3.25. The Hall–Kier alpha value is -0.490. The molecule has 0 saturated carbocycles. The summed E-state index contributed by atoms with van der Waals surface area (Å²) in [5.41, 5.74) is 5.22. The highest BCUT2D eigenvalue weighted by molar-refractivity contribution is 5.56. The van der Waals surface area contributed by atoms with E-state index in [9.17, 15) is 4.79 Å². The summed E-state index contributed by atoms with van der Waals surface area (Å²) < 4.78 is 0. The van der Waals surface area contributed by atoms with Crippen LogP contribution in [-0.4, -0.2) is 46.0 Å². The minimum Gasteiger partial charge on any atom is -0.392 e. The van der Waals surface area contributed by atoms with Crippen LogP contribution in [0.1, 0.15) is 6.92 Å². The van der Waals surface area contributed by atoms with Gasteiger partial charge in [-0.25, -0.2) is 0 Å². The van der Waals surface area contributed by atoms with Gasteiger partial charge in [-0.1, -0.05) is 0 Å². The maximum Gasteiger partial charge on any atom is 0.151 e. The summed E-state index contributed by atoms with van der Waals surface area (Å²) in [5.74, 6) is 0. The third-order valence-electron chi connectivity index (χ3n) is 1.44. The lowest BCUT2D eigenvalue weighted by Crippen LogP contribution is -2.49. The average molecular weight is 163 g/mol. The molecule has 0 radical (unpaired) electrons. The van der Waals surface area contributed by atoms with Gasteiger partial charge in [-0.15, -0.1) is 0 Å². The third-order valence-corrected chi connectivity index (χ3v) is 1.44. The largest absolute Gasteiger partial charge is 0.392 e. The fraction of sp³-hybridized carbons (Fsp3) is 0.833. The second kappa shape index (κ2) is 4.40. The zero-order valence-electron chi connectivity index (χ0n) is 6.21. The minimum atomic E-state index is -1.53. The molecule has 0 aromatic heterocycles. The van der Waals surface area contributed by atoms with Gasteiger partial charge in [-0.05, 0) is 6.92 Å². The average Bonchev–Trinajstić information content (AvgIpc) is 2.00. The quantitative estimate of drug-likeness (QED) is 0.346. The number of hydrogen-bond donors (Lipinski definition) is 4. The van der Waals surface area contributed by atoms with Gasteiger partial charge in [0, 0.05) is 0 Å². The predicted octanol–water partition coefficient (Wildman–Crippen LogP) is -2.38. The number of aliphatic hydroxyl groups is 3. The van der Waals surface area contributed by atoms with Gasteiger partial charge in [0.05, 0.1) is 12.1 Å². The first kappa shape index (κ1) is 10.5. The molecule has 0 aromatic carbocycles. The topological polar surface area (TPSA) is 104 Å². The monoisotopic (exact) mass is 163 g/mol. The Morgan fingerprint density at radius 2 is 1.82 bits per heavy atom. The van der Waals surface area contributed by atoms with Crippen LogP contribution in [0, 0.1) is 0 Å². The molecule has 0 unspecified atom stereocenters. The van der Waals surface area contributed by atoms with Crippen LogP contribution in [0.4, 0.5) is 0 Å². The summed E-state index contributed by atoms with van der Waals surface area (Å²) in [7, 11) is 0. The molecule has 5 N–H and O–H groups in total. The second-order valence-corrected chi connectivity index (χ2v) is 2.44. The molecule has 4 atom stereocenters. The van der Waals surface area contributed by atoms with Crippen molar-refractivity contribution in [1.29, 1.82) is 0 Å². The van der Waals surface area contributed by atoms with Crippen LogP contribution in [0.15, 0.2) is 0 Å². The molecule has 0 spiro atoms. The van der Waals surface area contributed by atoms with Gasteiger partial charge in [0.1, 0.15) is 12.2 Å². The summed E-state index contributed by atoms with van der Waals surface area (Å²) in [6.07, 6.45) is -3.72. The van der Waals surface area contributed by atoms with E-state index in [0.29, 0.717) is 0 Å². The first-order valence-electron chi connectivity index (χ1n) is 3.25. The van der Waals surface area contributed by atoms with Gasteiger partial charge in [-0.3, -0.25) is 0 Å². The zero-order chi connectivity index (χ0) is 9.02. The molecule has 0 amide bonds. The van der Waals surface area contributed by atoms with Crippen LogP contribution in [0.3, 0.4) is 0 Å². The number of hydrogen-bond acceptors (Lipinski definition) is 5. The number of carbonyl (C=O) groups excluding carboxylic acids is 1. The Balaban J connectivity index is 4.00. The molecule has 0 aliphatic heterocycles. The lowest BCUT2D eigenvalue weighted by atomic mass is 10.0. The maximum absolute atomic E-state index is 9.93. The fourth-order valence-electron chi connectivity index (χ4n) is 0.594. The molecule has 0 aliphatic carbocycles. The Morgan fingerprint density at radius 1 is 1.36 bits per heavy atom. The van der Waals surface area contributed by atoms with Crippen molar-refractivity contribution < 1.29 is 20.1 Å². The Morgan fingerprint density at radius 3 is 2.09 bits per heavy atom. The molecule has 0 rings (SSSR count). The van der Waals surface area contributed by atoms with E-state index in [-0.39, 0.29) is 6.29 Å². The van der Waals surface area contributed by atoms with Gasteiger partial charge < -0.3 is 25.8 Å². The van der Waals surface area contributed by atoms with Crippen LogP contribution in [0.25, 0.3) is 0 Å². The highest BCUT2D eigenvalue weighted by Gasteiger charge is 2.25. The van der Waals surface area contributed by atoms with E-state index in [1.54, 1.807) is 0 Å². The maximum atomic E-state index is 9.93. The van der Waals surface area contributed by atoms with Crippen molar-refractivity contribution >= 4 is 6.29 Å². The Labute approximate surface area is 64.4 Å². The smallest absolute Gasteiger partial charge is 0.151 e. The van der Waals surface area contributed by atoms with Gasteiger partial charge >= 0.3 is 0 Å². The summed E-state index contributed by atoms with van der Waals surface area (Å²) in [6, 6.07) is -1.00. The number of nitrogens with two attached hydrogens (primary N) is 1. The fourth-order valence-corrected chi connectivity index (χ4v) is 0.594. The normalized spacial score (nSPS) is 21.9. The molecule has 0 bridgehead atoms. The number of carbonyl (C=O) groups is 1. The van der Waals surface area contributed by atoms with Crippen LogP contribution in [0.2, 0.25) is 0 Å². The number of aliphatic hydroxyl groups excluding tert-OH is 3. The SMILES string of the molecule is C[C@@H](O)[C@H](N)[C@@H](O)[C@H](O)C=O. The molecule has 5 heteroatoms. The molecule has 0 fully saturated rings. The van der Waals surface area contributed by atoms with Crippen molar-refractivity contribution in [3.8, 4) is 0 Å². The summed E-state index contributed by atoms with van der Waals surface area (Å²) in [6.45, 7) is 1.37. The zero-order valence-corrected chi connectivity index (χ0v) is 6.21. The van der Waals surface area contributed by atoms with E-state index >= 15 is 0 Å². The van der Waals surface area contributed by atoms with Gasteiger partial charge in [0.25, 0.3) is 0 Å². The van der Waals surface area contributed by atoms with E-state index in [2.05, 4.69) is 0 Å². The minimum absolute atomic E-state index is 0.174. The van der Waals surface area contributed by atoms with Crippen molar-refractivity contribution in [3.05, 3.63) is 0 Å². The first-order chi connectivity index (χ1) is 5.00. The molecule has 0 saturated heterocycles. The summed E-state index contributed by atoms with van der Waals surface area (Å²) in [5, 5.41) is 26.6. The number of aldehydes is 1. The summed E-state index contributed by atoms with van der Waals surface area (Å²) >= 11 is 0.